The molecule has 2 heterocycles. The van der Waals surface area contributed by atoms with Crippen molar-refractivity contribution in [3.05, 3.63) is 60.2 Å². The molecular weight excluding hydrogens is 390 g/mol. The highest BCUT2D eigenvalue weighted by molar-refractivity contribution is 5.81. The van der Waals surface area contributed by atoms with Crippen molar-refractivity contribution in [2.24, 2.45) is 5.92 Å². The van der Waals surface area contributed by atoms with Gasteiger partial charge in [-0.3, -0.25) is 9.97 Å². The van der Waals surface area contributed by atoms with Gasteiger partial charge >= 0.3 is 5.97 Å². The Balaban J connectivity index is 1.44. The Labute approximate surface area is 184 Å². The van der Waals surface area contributed by atoms with E-state index >= 15 is 0 Å². The summed E-state index contributed by atoms with van der Waals surface area (Å²) in [6, 6.07) is 9.36. The molecule has 166 valence electrons. The Morgan fingerprint density at radius 3 is 2.65 bits per heavy atom. The first-order valence-electron chi connectivity index (χ1n) is 11.6. The van der Waals surface area contributed by atoms with Gasteiger partial charge in [0.1, 0.15) is 6.54 Å². The molecule has 1 aliphatic carbocycles. The van der Waals surface area contributed by atoms with Crippen LogP contribution in [0, 0.1) is 5.92 Å². The monoisotopic (exact) mass is 424 g/mol. The Bertz CT molecular complexity index is 857. The van der Waals surface area contributed by atoms with Crippen molar-refractivity contribution in [3.8, 4) is 0 Å². The Hall–Kier alpha value is -2.31. The predicted molar refractivity (Wildman–Crippen MR) is 118 cm³/mol. The van der Waals surface area contributed by atoms with Crippen LogP contribution in [0.3, 0.4) is 0 Å². The minimum absolute atomic E-state index is 0.0801. The van der Waals surface area contributed by atoms with Crippen molar-refractivity contribution >= 4 is 5.97 Å². The molecule has 6 heteroatoms. The topological polar surface area (TPSA) is 72.3 Å². The summed E-state index contributed by atoms with van der Waals surface area (Å²) in [4.78, 5) is 21.9. The lowest BCUT2D eigenvalue weighted by Gasteiger charge is -2.42. The maximum absolute atomic E-state index is 13.4. The molecule has 1 aliphatic heterocycles. The van der Waals surface area contributed by atoms with Crippen molar-refractivity contribution < 1.29 is 19.1 Å². The van der Waals surface area contributed by atoms with E-state index in [2.05, 4.69) is 17.0 Å². The van der Waals surface area contributed by atoms with Gasteiger partial charge < -0.3 is 14.3 Å². The molecule has 2 fully saturated rings. The highest BCUT2D eigenvalue weighted by Crippen LogP contribution is 2.42. The number of nitrogens with zero attached hydrogens (tertiary/aromatic N) is 3. The second-order valence-corrected chi connectivity index (χ2v) is 9.48. The number of carbonyl (C=O) groups is 1. The van der Waals surface area contributed by atoms with Gasteiger partial charge in [0.05, 0.1) is 25.8 Å². The largest absolute Gasteiger partial charge is 0.454 e. The van der Waals surface area contributed by atoms with E-state index in [1.807, 2.05) is 36.5 Å². The smallest absolute Gasteiger partial charge is 0.343 e. The third-order valence-corrected chi connectivity index (χ3v) is 7.14. The van der Waals surface area contributed by atoms with Crippen LogP contribution >= 0.6 is 0 Å². The summed E-state index contributed by atoms with van der Waals surface area (Å²) in [5, 5.41) is 11.7. The molecule has 4 rings (SSSR count). The first-order chi connectivity index (χ1) is 15.0. The van der Waals surface area contributed by atoms with Gasteiger partial charge in [0.15, 0.2) is 11.7 Å². The fourth-order valence-corrected chi connectivity index (χ4v) is 5.31. The Morgan fingerprint density at radius 1 is 1.16 bits per heavy atom. The van der Waals surface area contributed by atoms with Gasteiger partial charge in [-0.2, -0.15) is 0 Å². The maximum atomic E-state index is 13.4. The highest BCUT2D eigenvalue weighted by Gasteiger charge is 2.49. The fraction of sp³-hybridized carbons (Fsp3) is 0.560. The molecule has 31 heavy (non-hydrogen) atoms. The summed E-state index contributed by atoms with van der Waals surface area (Å²) >= 11 is 0. The molecule has 0 bridgehead atoms. The minimum atomic E-state index is -1.56. The average Bonchev–Trinajstić information content (AvgIpc) is 3.34. The SMILES string of the molecule is C[N+]1(CCc2cnccn2)CCC[C@@H](OC(=O)C(O)(c2ccccc2)C2CCCC2)C1. The first kappa shape index (κ1) is 21.9. The van der Waals surface area contributed by atoms with Gasteiger partial charge in [0.25, 0.3) is 0 Å². The van der Waals surface area contributed by atoms with Crippen LogP contribution in [0.2, 0.25) is 0 Å². The summed E-state index contributed by atoms with van der Waals surface area (Å²) in [6.45, 7) is 2.75. The van der Waals surface area contributed by atoms with E-state index in [9.17, 15) is 9.90 Å². The normalized spacial score (nSPS) is 26.3. The van der Waals surface area contributed by atoms with Gasteiger partial charge in [0, 0.05) is 37.4 Å². The van der Waals surface area contributed by atoms with Gasteiger partial charge in [-0.1, -0.05) is 43.2 Å². The molecule has 1 saturated heterocycles. The molecule has 1 N–H and O–H groups in total. The summed E-state index contributed by atoms with van der Waals surface area (Å²) in [7, 11) is 2.22. The summed E-state index contributed by atoms with van der Waals surface area (Å²) in [5.41, 5.74) is 0.0846. The number of ether oxygens (including phenoxy) is 1. The molecule has 1 aromatic carbocycles. The number of esters is 1. The van der Waals surface area contributed by atoms with Crippen LogP contribution in [0.1, 0.15) is 49.8 Å². The molecule has 3 atom stereocenters. The molecule has 0 spiro atoms. The third-order valence-electron chi connectivity index (χ3n) is 7.14. The number of quaternary nitrogens is 1. The molecule has 2 unspecified atom stereocenters. The Kier molecular flexibility index (Phi) is 6.68. The van der Waals surface area contributed by atoms with Crippen LogP contribution in [0.5, 0.6) is 0 Å². The lowest BCUT2D eigenvalue weighted by atomic mass is 9.80. The number of benzene rings is 1. The van der Waals surface area contributed by atoms with E-state index in [1.54, 1.807) is 12.4 Å². The number of rotatable bonds is 7. The first-order valence-corrected chi connectivity index (χ1v) is 11.6. The zero-order chi connectivity index (χ0) is 21.7. The molecule has 6 nitrogen and oxygen atoms in total. The zero-order valence-electron chi connectivity index (χ0n) is 18.4. The van der Waals surface area contributed by atoms with Crippen LogP contribution in [0.15, 0.2) is 48.9 Å². The van der Waals surface area contributed by atoms with Crippen molar-refractivity contribution in [1.29, 1.82) is 0 Å². The van der Waals surface area contributed by atoms with E-state index in [1.165, 1.54) is 0 Å². The number of aliphatic hydroxyl groups is 1. The lowest BCUT2D eigenvalue weighted by Crippen LogP contribution is -2.56. The second kappa shape index (κ2) is 9.45. The number of piperidine rings is 1. The van der Waals surface area contributed by atoms with Gasteiger partial charge in [-0.25, -0.2) is 4.79 Å². The lowest BCUT2D eigenvalue weighted by molar-refractivity contribution is -0.916. The van der Waals surface area contributed by atoms with E-state index in [0.29, 0.717) is 5.56 Å². The van der Waals surface area contributed by atoms with Crippen molar-refractivity contribution in [2.75, 3.05) is 26.7 Å². The quantitative estimate of drug-likeness (QED) is 0.546. The zero-order valence-corrected chi connectivity index (χ0v) is 18.4. The van der Waals surface area contributed by atoms with Crippen molar-refractivity contribution in [3.63, 3.8) is 0 Å². The number of aromatic nitrogens is 2. The molecule has 0 amide bonds. The van der Waals surface area contributed by atoms with Gasteiger partial charge in [-0.05, 0) is 24.8 Å². The summed E-state index contributed by atoms with van der Waals surface area (Å²) < 4.78 is 6.87. The van der Waals surface area contributed by atoms with E-state index < -0.39 is 11.6 Å². The van der Waals surface area contributed by atoms with Crippen LogP contribution in [-0.4, -0.2) is 58.3 Å². The highest BCUT2D eigenvalue weighted by atomic mass is 16.6. The standard InChI is InChI=1S/C25H34N3O3/c1-28(17-13-22-18-26-14-15-27-22)16-7-12-23(19-28)31-24(29)25(30,21-10-5-6-11-21)20-8-3-2-4-9-20/h2-4,8-9,14-15,18,21,23,30H,5-7,10-13,16-17,19H2,1H3/q+1/t23-,25?,28?/m1/s1. The average molecular weight is 425 g/mol. The minimum Gasteiger partial charge on any atom is -0.454 e. The Morgan fingerprint density at radius 2 is 1.94 bits per heavy atom. The summed E-state index contributed by atoms with van der Waals surface area (Å²) in [6.07, 6.45) is 11.6. The molecule has 2 aliphatic rings. The molecule has 1 saturated carbocycles. The number of hydrogen-bond acceptors (Lipinski definition) is 5. The van der Waals surface area contributed by atoms with E-state index in [0.717, 1.165) is 74.8 Å². The molecule has 1 aromatic heterocycles. The number of likely N-dealkylation sites (tertiary alicyclic amines) is 1. The molecular formula is C25H34N3O3+. The van der Waals surface area contributed by atoms with Crippen LogP contribution in [0.25, 0.3) is 0 Å². The predicted octanol–water partition coefficient (Wildman–Crippen LogP) is 3.25. The van der Waals surface area contributed by atoms with E-state index in [4.69, 9.17) is 4.74 Å². The number of carbonyl (C=O) groups excluding carboxylic acids is 1. The fourth-order valence-electron chi connectivity index (χ4n) is 5.31. The van der Waals surface area contributed by atoms with Gasteiger partial charge in [0.2, 0.25) is 0 Å². The van der Waals surface area contributed by atoms with Crippen LogP contribution in [0.4, 0.5) is 0 Å². The maximum Gasteiger partial charge on any atom is 0.343 e. The van der Waals surface area contributed by atoms with E-state index in [-0.39, 0.29) is 12.0 Å². The second-order valence-electron chi connectivity index (χ2n) is 9.48. The van der Waals surface area contributed by atoms with Gasteiger partial charge in [-0.15, -0.1) is 0 Å². The molecule has 0 radical (unpaired) electrons. The third kappa shape index (κ3) is 4.96. The number of hydrogen-bond donors (Lipinski definition) is 1. The summed E-state index contributed by atoms with van der Waals surface area (Å²) in [5.74, 6) is -0.554. The molecule has 2 aromatic rings. The number of likely N-dealkylation sites (N-methyl/N-ethyl adjacent to an activating group) is 1. The van der Waals surface area contributed by atoms with Crippen molar-refractivity contribution in [2.45, 2.75) is 56.7 Å². The van der Waals surface area contributed by atoms with Crippen LogP contribution in [-0.2, 0) is 21.6 Å². The van der Waals surface area contributed by atoms with Crippen molar-refractivity contribution in [1.82, 2.24) is 9.97 Å². The van der Waals surface area contributed by atoms with Crippen LogP contribution < -0.4 is 0 Å².